The summed E-state index contributed by atoms with van der Waals surface area (Å²) >= 11 is 0. The van der Waals surface area contributed by atoms with Crippen LogP contribution in [-0.2, 0) is 14.3 Å². The number of hydrogen-bond donors (Lipinski definition) is 2. The highest BCUT2D eigenvalue weighted by atomic mass is 19.1. The molecular weight excluding hydrogens is 531 g/mol. The summed E-state index contributed by atoms with van der Waals surface area (Å²) in [6, 6.07) is 17.3. The van der Waals surface area contributed by atoms with Crippen molar-refractivity contribution >= 4 is 23.9 Å². The number of pyridine rings is 1. The Bertz CT molecular complexity index is 1390. The molecule has 2 N–H and O–H groups in total. The van der Waals surface area contributed by atoms with Gasteiger partial charge in [-0.25, -0.2) is 14.2 Å². The van der Waals surface area contributed by atoms with Gasteiger partial charge in [0.25, 0.3) is 5.91 Å². The zero-order valence-corrected chi connectivity index (χ0v) is 22.6. The maximum Gasteiger partial charge on any atom is 0.409 e. The Morgan fingerprint density at radius 3 is 2.22 bits per heavy atom. The summed E-state index contributed by atoms with van der Waals surface area (Å²) in [5.41, 5.74) is 2.56. The molecule has 4 rings (SSSR count). The number of rotatable bonds is 9. The molecule has 1 fully saturated rings. The second-order valence-corrected chi connectivity index (χ2v) is 9.47. The minimum atomic E-state index is -1.12. The second-order valence-electron chi connectivity index (χ2n) is 9.47. The number of aromatic nitrogens is 1. The number of carboxylic acid groups (broad SMARTS) is 1. The molecule has 10 nitrogen and oxygen atoms in total. The van der Waals surface area contributed by atoms with Crippen molar-refractivity contribution in [2.24, 2.45) is 0 Å². The summed E-state index contributed by atoms with van der Waals surface area (Å²) in [5, 5.41) is 11.9. The molecule has 2 aromatic carbocycles. The van der Waals surface area contributed by atoms with E-state index in [1.165, 1.54) is 21.9 Å². The van der Waals surface area contributed by atoms with Gasteiger partial charge in [-0.2, -0.15) is 0 Å². The molecule has 0 aliphatic carbocycles. The summed E-state index contributed by atoms with van der Waals surface area (Å²) in [7, 11) is 0. The third-order valence-corrected chi connectivity index (χ3v) is 6.67. The summed E-state index contributed by atoms with van der Waals surface area (Å²) in [6.45, 7) is 2.89. The van der Waals surface area contributed by atoms with E-state index in [4.69, 9.17) is 4.74 Å². The normalized spacial score (nSPS) is 13.8. The smallest absolute Gasteiger partial charge is 0.409 e. The largest absolute Gasteiger partial charge is 0.481 e. The number of aliphatic carboxylic acids is 1. The van der Waals surface area contributed by atoms with Gasteiger partial charge in [-0.1, -0.05) is 30.3 Å². The number of piperazine rings is 1. The average Bonchev–Trinajstić information content (AvgIpc) is 2.99. The van der Waals surface area contributed by atoms with Crippen molar-refractivity contribution in [3.8, 4) is 22.4 Å². The van der Waals surface area contributed by atoms with E-state index >= 15 is 0 Å². The first-order valence-corrected chi connectivity index (χ1v) is 13.3. The lowest BCUT2D eigenvalue weighted by molar-refractivity contribution is -0.138. The van der Waals surface area contributed by atoms with Crippen LogP contribution in [0, 0.1) is 5.82 Å². The van der Waals surface area contributed by atoms with Gasteiger partial charge in [0, 0.05) is 38.2 Å². The van der Waals surface area contributed by atoms with Crippen LogP contribution in [0.15, 0.2) is 66.7 Å². The van der Waals surface area contributed by atoms with E-state index in [2.05, 4.69) is 10.3 Å². The molecule has 1 aliphatic heterocycles. The van der Waals surface area contributed by atoms with Crippen molar-refractivity contribution in [1.82, 2.24) is 20.1 Å². The molecular formula is C30H31FN4O6. The molecule has 2 heterocycles. The maximum atomic E-state index is 13.6. The minimum Gasteiger partial charge on any atom is -0.481 e. The predicted octanol–water partition coefficient (Wildman–Crippen LogP) is 3.82. The second kappa shape index (κ2) is 13.5. The van der Waals surface area contributed by atoms with E-state index < -0.39 is 35.7 Å². The summed E-state index contributed by atoms with van der Waals surface area (Å²) in [5.74, 6) is -2.61. The molecule has 0 bridgehead atoms. The number of hydrogen-bond acceptors (Lipinski definition) is 6. The molecule has 3 aromatic rings. The number of benzene rings is 2. The Morgan fingerprint density at radius 2 is 1.59 bits per heavy atom. The van der Waals surface area contributed by atoms with Crippen LogP contribution < -0.4 is 5.32 Å². The van der Waals surface area contributed by atoms with Crippen LogP contribution >= 0.6 is 0 Å². The number of halogens is 1. The third kappa shape index (κ3) is 7.65. The fourth-order valence-corrected chi connectivity index (χ4v) is 4.51. The van der Waals surface area contributed by atoms with Crippen LogP contribution in [0.2, 0.25) is 0 Å². The highest BCUT2D eigenvalue weighted by molar-refractivity contribution is 5.98. The van der Waals surface area contributed by atoms with Gasteiger partial charge < -0.3 is 25.0 Å². The first kappa shape index (κ1) is 29.2. The number of amides is 3. The van der Waals surface area contributed by atoms with Crippen molar-refractivity contribution in [2.75, 3.05) is 32.8 Å². The lowest BCUT2D eigenvalue weighted by Crippen LogP contribution is -2.56. The Kier molecular flexibility index (Phi) is 9.62. The summed E-state index contributed by atoms with van der Waals surface area (Å²) in [6.07, 6.45) is -0.921. The molecule has 1 aromatic heterocycles. The van der Waals surface area contributed by atoms with Crippen molar-refractivity contribution in [1.29, 1.82) is 0 Å². The molecule has 0 radical (unpaired) electrons. The van der Waals surface area contributed by atoms with Crippen molar-refractivity contribution < 1.29 is 33.4 Å². The van der Waals surface area contributed by atoms with Crippen LogP contribution in [-0.4, -0.2) is 82.6 Å². The highest BCUT2D eigenvalue weighted by Crippen LogP contribution is 2.26. The molecule has 1 saturated heterocycles. The topological polar surface area (TPSA) is 129 Å². The van der Waals surface area contributed by atoms with Crippen LogP contribution in [0.5, 0.6) is 0 Å². The number of ether oxygens (including phenoxy) is 1. The van der Waals surface area contributed by atoms with E-state index in [0.717, 1.165) is 5.56 Å². The number of nitrogens with zero attached hydrogens (tertiary/aromatic N) is 3. The molecule has 0 unspecified atom stereocenters. The number of carbonyl (C=O) groups is 4. The van der Waals surface area contributed by atoms with Gasteiger partial charge in [0.2, 0.25) is 5.91 Å². The number of carboxylic acids is 1. The summed E-state index contributed by atoms with van der Waals surface area (Å²) in [4.78, 5) is 57.8. The monoisotopic (exact) mass is 562 g/mol. The van der Waals surface area contributed by atoms with E-state index in [9.17, 15) is 28.7 Å². The first-order chi connectivity index (χ1) is 19.7. The van der Waals surface area contributed by atoms with Gasteiger partial charge in [-0.3, -0.25) is 14.4 Å². The van der Waals surface area contributed by atoms with Crippen LogP contribution in [0.3, 0.4) is 0 Å². The van der Waals surface area contributed by atoms with Crippen molar-refractivity contribution in [3.63, 3.8) is 0 Å². The van der Waals surface area contributed by atoms with E-state index in [1.54, 1.807) is 31.2 Å². The van der Waals surface area contributed by atoms with Crippen LogP contribution in [0.4, 0.5) is 9.18 Å². The van der Waals surface area contributed by atoms with E-state index in [0.29, 0.717) is 16.8 Å². The van der Waals surface area contributed by atoms with Gasteiger partial charge in [0.15, 0.2) is 0 Å². The van der Waals surface area contributed by atoms with Gasteiger partial charge in [0.1, 0.15) is 17.6 Å². The van der Waals surface area contributed by atoms with Gasteiger partial charge in [0.05, 0.1) is 12.3 Å². The highest BCUT2D eigenvalue weighted by Gasteiger charge is 2.31. The van der Waals surface area contributed by atoms with Crippen LogP contribution in [0.25, 0.3) is 22.4 Å². The quantitative estimate of drug-likeness (QED) is 0.406. The van der Waals surface area contributed by atoms with Gasteiger partial charge in [-0.05, 0) is 60.9 Å². The van der Waals surface area contributed by atoms with E-state index in [1.807, 2.05) is 30.3 Å². The number of carbonyl (C=O) groups excluding carboxylic acids is 3. The molecule has 0 spiro atoms. The van der Waals surface area contributed by atoms with Gasteiger partial charge in [-0.15, -0.1) is 0 Å². The molecule has 3 amide bonds. The van der Waals surface area contributed by atoms with Crippen molar-refractivity contribution in [3.05, 3.63) is 78.2 Å². The van der Waals surface area contributed by atoms with E-state index in [-0.39, 0.29) is 51.3 Å². The molecule has 0 saturated carbocycles. The molecule has 11 heteroatoms. The molecule has 1 atom stereocenters. The minimum absolute atomic E-state index is 0.0194. The Hall–Kier alpha value is -4.80. The lowest BCUT2D eigenvalue weighted by atomic mass is 10.0. The lowest BCUT2D eigenvalue weighted by Gasteiger charge is -2.35. The maximum absolute atomic E-state index is 13.6. The summed E-state index contributed by atoms with van der Waals surface area (Å²) < 4.78 is 18.6. The zero-order valence-electron chi connectivity index (χ0n) is 22.6. The predicted molar refractivity (Wildman–Crippen MR) is 148 cm³/mol. The van der Waals surface area contributed by atoms with Crippen molar-refractivity contribution in [2.45, 2.75) is 25.8 Å². The van der Waals surface area contributed by atoms with Gasteiger partial charge >= 0.3 is 12.1 Å². The fraction of sp³-hybridized carbons (Fsp3) is 0.300. The molecule has 214 valence electrons. The van der Waals surface area contributed by atoms with Crippen LogP contribution in [0.1, 0.15) is 30.3 Å². The number of nitrogens with one attached hydrogen (secondary N) is 1. The Morgan fingerprint density at radius 1 is 0.927 bits per heavy atom. The zero-order chi connectivity index (χ0) is 29.4. The first-order valence-electron chi connectivity index (χ1n) is 13.3. The molecule has 41 heavy (non-hydrogen) atoms. The Labute approximate surface area is 236 Å². The third-order valence-electron chi connectivity index (χ3n) is 6.67. The fourth-order valence-electron chi connectivity index (χ4n) is 4.51. The average molecular weight is 563 g/mol. The standard InChI is InChI=1S/C30H31FN4O6/c1-2-41-30(40)35-16-14-34(15-17-35)29(39)24(12-13-27(36)37)33-28(38)26-19-22(20-6-4-3-5-7-20)18-25(32-26)21-8-10-23(31)11-9-21/h3-11,18-19,24H,2,12-17H2,1H3,(H,33,38)(H,36,37)/t24-/m0/s1. The SMILES string of the molecule is CCOC(=O)N1CCN(C(=O)[C@H](CCC(=O)O)NC(=O)c2cc(-c3ccccc3)cc(-c3ccc(F)cc3)n2)CC1. The molecule has 1 aliphatic rings. The Balaban J connectivity index is 1.58.